The largest absolute Gasteiger partial charge is 0.484 e. The summed E-state index contributed by atoms with van der Waals surface area (Å²) >= 11 is 0. The van der Waals surface area contributed by atoms with Gasteiger partial charge in [0.1, 0.15) is 5.75 Å². The van der Waals surface area contributed by atoms with E-state index in [2.05, 4.69) is 10.1 Å². The van der Waals surface area contributed by atoms with Gasteiger partial charge in [0, 0.05) is 24.6 Å². The second-order valence-electron chi connectivity index (χ2n) is 7.25. The third-order valence-corrected chi connectivity index (χ3v) is 4.97. The minimum absolute atomic E-state index is 0.0534. The van der Waals surface area contributed by atoms with E-state index in [4.69, 9.17) is 9.26 Å². The van der Waals surface area contributed by atoms with Gasteiger partial charge in [-0.25, -0.2) is 0 Å². The Balaban J connectivity index is 1.35. The van der Waals surface area contributed by atoms with Crippen molar-refractivity contribution in [3.63, 3.8) is 0 Å². The van der Waals surface area contributed by atoms with E-state index in [1.807, 2.05) is 67.3 Å². The summed E-state index contributed by atoms with van der Waals surface area (Å²) in [5.74, 6) is 1.99. The molecule has 0 N–H and O–H groups in total. The lowest BCUT2D eigenvalue weighted by atomic mass is 10.1. The highest BCUT2D eigenvalue weighted by molar-refractivity contribution is 5.94. The van der Waals surface area contributed by atoms with Gasteiger partial charge in [-0.2, -0.15) is 4.98 Å². The third-order valence-electron chi connectivity index (χ3n) is 4.97. The molecule has 1 aliphatic rings. The molecular weight excluding hydrogens is 354 g/mol. The molecule has 1 amide bonds. The first-order valence-corrected chi connectivity index (χ1v) is 9.46. The Morgan fingerprint density at radius 3 is 2.79 bits per heavy atom. The molecule has 2 aromatic carbocycles. The molecular formula is C22H23N3O3. The standard InChI is InChI=1S/C22H23N3O3/c1-15-6-8-19(9-7-15)27-14-20-23-21(24-28-20)18-10-11-25(13-18)22(26)17-5-3-4-16(2)12-17/h3-9,12,18H,10-11,13-14H2,1-2H3. The van der Waals surface area contributed by atoms with Gasteiger partial charge in [0.25, 0.3) is 11.8 Å². The van der Waals surface area contributed by atoms with E-state index in [1.54, 1.807) is 0 Å². The zero-order chi connectivity index (χ0) is 19.5. The predicted octanol–water partition coefficient (Wildman–Crippen LogP) is 3.90. The summed E-state index contributed by atoms with van der Waals surface area (Å²) in [6.07, 6.45) is 0.829. The number of carbonyl (C=O) groups is 1. The van der Waals surface area contributed by atoms with E-state index in [1.165, 1.54) is 5.56 Å². The molecule has 0 saturated carbocycles. The molecule has 2 heterocycles. The molecule has 6 heteroatoms. The van der Waals surface area contributed by atoms with Crippen molar-refractivity contribution in [2.24, 2.45) is 0 Å². The van der Waals surface area contributed by atoms with Gasteiger partial charge in [-0.3, -0.25) is 4.79 Å². The summed E-state index contributed by atoms with van der Waals surface area (Å²) in [6.45, 7) is 5.55. The quantitative estimate of drug-likeness (QED) is 0.675. The number of amides is 1. The fourth-order valence-electron chi connectivity index (χ4n) is 3.39. The number of aromatic nitrogens is 2. The first-order valence-electron chi connectivity index (χ1n) is 9.46. The molecule has 1 saturated heterocycles. The summed E-state index contributed by atoms with van der Waals surface area (Å²) in [5.41, 5.74) is 2.98. The van der Waals surface area contributed by atoms with E-state index in [0.29, 0.717) is 24.8 Å². The van der Waals surface area contributed by atoms with Crippen LogP contribution in [-0.2, 0) is 6.61 Å². The minimum Gasteiger partial charge on any atom is -0.484 e. The van der Waals surface area contributed by atoms with Crippen molar-refractivity contribution in [1.29, 1.82) is 0 Å². The van der Waals surface area contributed by atoms with Gasteiger partial charge in [-0.05, 0) is 44.5 Å². The summed E-state index contributed by atoms with van der Waals surface area (Å²) in [6, 6.07) is 15.5. The Morgan fingerprint density at radius 1 is 1.18 bits per heavy atom. The second kappa shape index (κ2) is 7.84. The molecule has 3 aromatic rings. The molecule has 0 radical (unpaired) electrons. The molecule has 1 fully saturated rings. The number of hydrogen-bond acceptors (Lipinski definition) is 5. The van der Waals surface area contributed by atoms with Crippen molar-refractivity contribution in [1.82, 2.24) is 15.0 Å². The highest BCUT2D eigenvalue weighted by atomic mass is 16.5. The van der Waals surface area contributed by atoms with Gasteiger partial charge < -0.3 is 14.2 Å². The highest BCUT2D eigenvalue weighted by Gasteiger charge is 2.31. The van der Waals surface area contributed by atoms with Crippen LogP contribution in [-0.4, -0.2) is 34.0 Å². The number of likely N-dealkylation sites (tertiary alicyclic amines) is 1. The van der Waals surface area contributed by atoms with Crippen LogP contribution >= 0.6 is 0 Å². The predicted molar refractivity (Wildman–Crippen MR) is 104 cm³/mol. The monoisotopic (exact) mass is 377 g/mol. The number of nitrogens with zero attached hydrogens (tertiary/aromatic N) is 3. The lowest BCUT2D eigenvalue weighted by Gasteiger charge is -2.16. The van der Waals surface area contributed by atoms with E-state index >= 15 is 0 Å². The Morgan fingerprint density at radius 2 is 2.00 bits per heavy atom. The Kier molecular flexibility index (Phi) is 5.10. The van der Waals surface area contributed by atoms with Crippen LogP contribution in [0.5, 0.6) is 5.75 Å². The summed E-state index contributed by atoms with van der Waals surface area (Å²) in [4.78, 5) is 19.0. The van der Waals surface area contributed by atoms with Crippen LogP contribution in [0.1, 0.15) is 45.5 Å². The van der Waals surface area contributed by atoms with Crippen LogP contribution in [0.3, 0.4) is 0 Å². The summed E-state index contributed by atoms with van der Waals surface area (Å²) in [7, 11) is 0. The Bertz CT molecular complexity index is 965. The van der Waals surface area contributed by atoms with Gasteiger partial charge in [-0.1, -0.05) is 40.5 Å². The Hall–Kier alpha value is -3.15. The van der Waals surface area contributed by atoms with Gasteiger partial charge in [-0.15, -0.1) is 0 Å². The van der Waals surface area contributed by atoms with Gasteiger partial charge >= 0.3 is 0 Å². The molecule has 6 nitrogen and oxygen atoms in total. The minimum atomic E-state index is 0.0534. The Labute approximate surface area is 164 Å². The van der Waals surface area contributed by atoms with Crippen molar-refractivity contribution >= 4 is 5.91 Å². The van der Waals surface area contributed by atoms with Crippen molar-refractivity contribution in [3.8, 4) is 5.75 Å². The normalized spacial score (nSPS) is 16.4. The maximum atomic E-state index is 12.7. The number of carbonyl (C=O) groups excluding carboxylic acids is 1. The molecule has 0 aliphatic carbocycles. The zero-order valence-electron chi connectivity index (χ0n) is 16.1. The van der Waals surface area contributed by atoms with Gasteiger partial charge in [0.15, 0.2) is 12.4 Å². The molecule has 0 bridgehead atoms. The maximum absolute atomic E-state index is 12.7. The fraction of sp³-hybridized carbons (Fsp3) is 0.318. The van der Waals surface area contributed by atoms with Gasteiger partial charge in [0.05, 0.1) is 0 Å². The van der Waals surface area contributed by atoms with Gasteiger partial charge in [0.2, 0.25) is 0 Å². The van der Waals surface area contributed by atoms with Crippen molar-refractivity contribution in [3.05, 3.63) is 76.9 Å². The molecule has 144 valence electrons. The summed E-state index contributed by atoms with van der Waals surface area (Å²) < 4.78 is 11.0. The molecule has 28 heavy (non-hydrogen) atoms. The van der Waals surface area contributed by atoms with E-state index in [0.717, 1.165) is 23.3 Å². The van der Waals surface area contributed by atoms with Crippen molar-refractivity contribution < 1.29 is 14.1 Å². The topological polar surface area (TPSA) is 68.5 Å². The van der Waals surface area contributed by atoms with E-state index in [-0.39, 0.29) is 18.4 Å². The highest BCUT2D eigenvalue weighted by Crippen LogP contribution is 2.26. The number of aryl methyl sites for hydroxylation is 2. The van der Waals surface area contributed by atoms with Crippen LogP contribution in [0.4, 0.5) is 0 Å². The van der Waals surface area contributed by atoms with Crippen molar-refractivity contribution in [2.75, 3.05) is 13.1 Å². The SMILES string of the molecule is Cc1ccc(OCc2nc(C3CCN(C(=O)c4cccc(C)c4)C3)no2)cc1. The average molecular weight is 377 g/mol. The first kappa shape index (κ1) is 18.2. The molecule has 1 atom stereocenters. The summed E-state index contributed by atoms with van der Waals surface area (Å²) in [5, 5.41) is 4.10. The average Bonchev–Trinajstić information content (AvgIpc) is 3.36. The van der Waals surface area contributed by atoms with Crippen LogP contribution in [0, 0.1) is 13.8 Å². The third kappa shape index (κ3) is 4.06. The van der Waals surface area contributed by atoms with Crippen molar-refractivity contribution in [2.45, 2.75) is 32.8 Å². The van der Waals surface area contributed by atoms with Crippen LogP contribution < -0.4 is 4.74 Å². The number of hydrogen-bond donors (Lipinski definition) is 0. The maximum Gasteiger partial charge on any atom is 0.264 e. The van der Waals surface area contributed by atoms with E-state index < -0.39 is 0 Å². The molecule has 0 spiro atoms. The van der Waals surface area contributed by atoms with Crippen LogP contribution in [0.2, 0.25) is 0 Å². The lowest BCUT2D eigenvalue weighted by molar-refractivity contribution is 0.0790. The lowest BCUT2D eigenvalue weighted by Crippen LogP contribution is -2.28. The molecule has 1 aromatic heterocycles. The molecule has 1 unspecified atom stereocenters. The van der Waals surface area contributed by atoms with E-state index in [9.17, 15) is 4.79 Å². The zero-order valence-corrected chi connectivity index (χ0v) is 16.1. The molecule has 4 rings (SSSR count). The first-order chi connectivity index (χ1) is 13.6. The number of rotatable bonds is 5. The fourth-order valence-corrected chi connectivity index (χ4v) is 3.39. The number of ether oxygens (including phenoxy) is 1. The number of benzene rings is 2. The van der Waals surface area contributed by atoms with Crippen LogP contribution in [0.25, 0.3) is 0 Å². The molecule has 1 aliphatic heterocycles. The smallest absolute Gasteiger partial charge is 0.264 e. The second-order valence-corrected chi connectivity index (χ2v) is 7.25. The van der Waals surface area contributed by atoms with Crippen LogP contribution in [0.15, 0.2) is 53.1 Å².